The molecule has 0 saturated heterocycles. The average Bonchev–Trinajstić information content (AvgIpc) is 3.18. The topological polar surface area (TPSA) is 74.1 Å². The number of benzene rings is 1. The molecule has 0 aliphatic carbocycles. The Kier molecular flexibility index (Phi) is 7.94. The van der Waals surface area contributed by atoms with Gasteiger partial charge in [0, 0.05) is 44.1 Å². The fraction of sp³-hybridized carbons (Fsp3) is 0.304. The van der Waals surface area contributed by atoms with Gasteiger partial charge in [-0.25, -0.2) is 13.4 Å². The highest BCUT2D eigenvalue weighted by molar-refractivity contribution is 7.90. The maximum atomic E-state index is 11.6. The lowest BCUT2D eigenvalue weighted by Gasteiger charge is -2.21. The molecule has 2 heterocycles. The molecule has 0 saturated carbocycles. The first-order valence-corrected chi connectivity index (χ1v) is 11.9. The van der Waals surface area contributed by atoms with Crippen LogP contribution in [0, 0.1) is 5.92 Å². The van der Waals surface area contributed by atoms with Crippen molar-refractivity contribution in [2.45, 2.75) is 25.7 Å². The van der Waals surface area contributed by atoms with Gasteiger partial charge in [-0.3, -0.25) is 4.99 Å². The molecule has 0 aromatic heterocycles. The molecule has 7 heteroatoms. The molecule has 0 amide bonds. The Hall–Kier alpha value is -2.93. The molecule has 1 unspecified atom stereocenters. The second kappa shape index (κ2) is 10.2. The number of fused-ring (bicyclic) bond motifs is 1. The minimum absolute atomic E-state index is 0.00444. The Morgan fingerprint density at radius 1 is 1.23 bits per heavy atom. The lowest BCUT2D eigenvalue weighted by atomic mass is 9.89. The van der Waals surface area contributed by atoms with Gasteiger partial charge >= 0.3 is 0 Å². The number of amidine groups is 1. The van der Waals surface area contributed by atoms with Crippen molar-refractivity contribution >= 4 is 27.1 Å². The van der Waals surface area contributed by atoms with Gasteiger partial charge in [-0.1, -0.05) is 32.6 Å². The van der Waals surface area contributed by atoms with E-state index in [1.807, 2.05) is 39.2 Å². The quantitative estimate of drug-likeness (QED) is 0.683. The summed E-state index contributed by atoms with van der Waals surface area (Å²) in [4.78, 5) is 11.4. The van der Waals surface area contributed by atoms with Crippen molar-refractivity contribution in [1.29, 1.82) is 0 Å². The third-order valence-electron chi connectivity index (χ3n) is 4.65. The SMILES string of the molecule is C=C/C(=C\N(C)CC)C1=CN=C2C(Nc3ccc(S(C)(=O)=O)cc3)=NC=CC12.CC. The van der Waals surface area contributed by atoms with Crippen molar-refractivity contribution in [2.24, 2.45) is 15.9 Å². The predicted molar refractivity (Wildman–Crippen MR) is 127 cm³/mol. The maximum absolute atomic E-state index is 11.6. The smallest absolute Gasteiger partial charge is 0.175 e. The van der Waals surface area contributed by atoms with Gasteiger partial charge in [0.05, 0.1) is 16.5 Å². The van der Waals surface area contributed by atoms with Crippen molar-refractivity contribution in [3.63, 3.8) is 0 Å². The summed E-state index contributed by atoms with van der Waals surface area (Å²) in [6, 6.07) is 6.60. The molecular formula is C23H30N4O2S. The van der Waals surface area contributed by atoms with Gasteiger partial charge in [-0.2, -0.15) is 0 Å². The summed E-state index contributed by atoms with van der Waals surface area (Å²) in [5.41, 5.74) is 3.68. The molecule has 3 rings (SSSR count). The molecule has 30 heavy (non-hydrogen) atoms. The minimum atomic E-state index is -3.22. The first-order valence-electron chi connectivity index (χ1n) is 9.98. The first kappa shape index (κ1) is 23.3. The summed E-state index contributed by atoms with van der Waals surface area (Å²) in [7, 11) is -1.20. The summed E-state index contributed by atoms with van der Waals surface area (Å²) < 4.78 is 23.2. The lowest BCUT2D eigenvalue weighted by molar-refractivity contribution is 0.481. The monoisotopic (exact) mass is 426 g/mol. The normalized spacial score (nSPS) is 17.7. The molecule has 0 bridgehead atoms. The van der Waals surface area contributed by atoms with Gasteiger partial charge in [0.2, 0.25) is 0 Å². The molecule has 6 nitrogen and oxygen atoms in total. The second-order valence-corrected chi connectivity index (χ2v) is 8.69. The van der Waals surface area contributed by atoms with E-state index in [4.69, 9.17) is 0 Å². The highest BCUT2D eigenvalue weighted by atomic mass is 32.2. The standard InChI is InChI=1S/C21H24N4O2S.C2H6/c1-5-15(14-25(3)6-2)19-13-23-20-18(19)11-12-22-21(20)24-16-7-9-17(10-8-16)28(4,26)27;1-2/h5,7-14,18H,1,6H2,2-4H3,(H,22,24);1-2H3/b15-14+;. The average molecular weight is 427 g/mol. The Morgan fingerprint density at radius 3 is 2.47 bits per heavy atom. The van der Waals surface area contributed by atoms with Crippen LogP contribution in [0.5, 0.6) is 0 Å². The van der Waals surface area contributed by atoms with E-state index in [1.54, 1.807) is 30.5 Å². The first-order chi connectivity index (χ1) is 14.3. The van der Waals surface area contributed by atoms with E-state index in [1.165, 1.54) is 6.26 Å². The van der Waals surface area contributed by atoms with Crippen molar-refractivity contribution in [3.8, 4) is 0 Å². The van der Waals surface area contributed by atoms with Crippen LogP contribution in [-0.4, -0.2) is 44.7 Å². The summed E-state index contributed by atoms with van der Waals surface area (Å²) in [6.45, 7) is 10.9. The van der Waals surface area contributed by atoms with Gasteiger partial charge in [0.15, 0.2) is 15.7 Å². The van der Waals surface area contributed by atoms with Crippen LogP contribution in [0.3, 0.4) is 0 Å². The van der Waals surface area contributed by atoms with Crippen LogP contribution in [0.25, 0.3) is 0 Å². The third kappa shape index (κ3) is 5.36. The number of hydrogen-bond acceptors (Lipinski definition) is 6. The van der Waals surface area contributed by atoms with E-state index >= 15 is 0 Å². The molecule has 1 atom stereocenters. The predicted octanol–water partition coefficient (Wildman–Crippen LogP) is 4.43. The number of hydrogen-bond donors (Lipinski definition) is 1. The molecule has 1 aromatic carbocycles. The van der Waals surface area contributed by atoms with Crippen LogP contribution in [0.1, 0.15) is 20.8 Å². The Morgan fingerprint density at radius 2 is 1.90 bits per heavy atom. The van der Waals surface area contributed by atoms with Crippen molar-refractivity contribution in [1.82, 2.24) is 4.90 Å². The van der Waals surface area contributed by atoms with Gasteiger partial charge in [0.25, 0.3) is 0 Å². The van der Waals surface area contributed by atoms with E-state index in [0.717, 1.165) is 29.1 Å². The summed E-state index contributed by atoms with van der Waals surface area (Å²) in [6.07, 6.45) is 10.7. The van der Waals surface area contributed by atoms with Crippen LogP contribution in [0.4, 0.5) is 5.69 Å². The van der Waals surface area contributed by atoms with Gasteiger partial charge in [-0.15, -0.1) is 0 Å². The van der Waals surface area contributed by atoms with Crippen molar-refractivity contribution in [2.75, 3.05) is 25.2 Å². The molecule has 1 N–H and O–H groups in total. The number of anilines is 1. The number of rotatable bonds is 6. The molecule has 2 aliphatic heterocycles. The van der Waals surface area contributed by atoms with Crippen molar-refractivity contribution < 1.29 is 8.42 Å². The maximum Gasteiger partial charge on any atom is 0.175 e. The molecule has 1 aromatic rings. The summed E-state index contributed by atoms with van der Waals surface area (Å²) >= 11 is 0. The zero-order valence-electron chi connectivity index (χ0n) is 18.3. The lowest BCUT2D eigenvalue weighted by Crippen LogP contribution is -2.30. The van der Waals surface area contributed by atoms with E-state index in [0.29, 0.717) is 5.84 Å². The van der Waals surface area contributed by atoms with E-state index in [-0.39, 0.29) is 10.8 Å². The Labute approximate surface area is 180 Å². The molecule has 2 aliphatic rings. The second-order valence-electron chi connectivity index (χ2n) is 6.68. The molecule has 0 fully saturated rings. The molecule has 0 spiro atoms. The minimum Gasteiger partial charge on any atom is -0.380 e. The number of sulfone groups is 1. The van der Waals surface area contributed by atoms with Gasteiger partial charge in [0.1, 0.15) is 0 Å². The van der Waals surface area contributed by atoms with Crippen LogP contribution in [-0.2, 0) is 9.84 Å². The molecular weight excluding hydrogens is 396 g/mol. The Bertz CT molecular complexity index is 1030. The van der Waals surface area contributed by atoms with Crippen LogP contribution < -0.4 is 5.32 Å². The van der Waals surface area contributed by atoms with Gasteiger partial charge in [-0.05, 0) is 42.3 Å². The highest BCUT2D eigenvalue weighted by Gasteiger charge is 2.30. The zero-order chi connectivity index (χ0) is 22.3. The largest absolute Gasteiger partial charge is 0.380 e. The Balaban J connectivity index is 0.00000155. The number of nitrogens with zero attached hydrogens (tertiary/aromatic N) is 3. The fourth-order valence-corrected chi connectivity index (χ4v) is 3.60. The third-order valence-corrected chi connectivity index (χ3v) is 5.78. The zero-order valence-corrected chi connectivity index (χ0v) is 19.1. The van der Waals surface area contributed by atoms with E-state index in [9.17, 15) is 8.42 Å². The summed E-state index contributed by atoms with van der Waals surface area (Å²) in [5, 5.41) is 3.24. The van der Waals surface area contributed by atoms with Crippen molar-refractivity contribution in [3.05, 3.63) is 72.7 Å². The molecule has 0 radical (unpaired) electrons. The van der Waals surface area contributed by atoms with Crippen LogP contribution >= 0.6 is 0 Å². The fourth-order valence-electron chi connectivity index (χ4n) is 2.97. The van der Waals surface area contributed by atoms with Crippen LogP contribution in [0.2, 0.25) is 0 Å². The summed E-state index contributed by atoms with van der Waals surface area (Å²) in [5.74, 6) is 0.655. The number of aliphatic imine (C=N–C) groups is 2. The molecule has 160 valence electrons. The van der Waals surface area contributed by atoms with Gasteiger partial charge < -0.3 is 10.2 Å². The van der Waals surface area contributed by atoms with E-state index < -0.39 is 9.84 Å². The highest BCUT2D eigenvalue weighted by Crippen LogP contribution is 2.31. The van der Waals surface area contributed by atoms with E-state index in [2.05, 4.69) is 39.9 Å². The number of allylic oxidation sites excluding steroid dienone is 4. The van der Waals surface area contributed by atoms with Crippen LogP contribution in [0.15, 0.2) is 87.6 Å². The number of nitrogens with one attached hydrogen (secondary N) is 1.